The molecule has 16 heavy (non-hydrogen) atoms. The molecule has 0 saturated carbocycles. The molecule has 0 fully saturated rings. The van der Waals surface area contributed by atoms with Crippen molar-refractivity contribution in [1.29, 1.82) is 0 Å². The summed E-state index contributed by atoms with van der Waals surface area (Å²) in [5, 5.41) is 3.10. The highest BCUT2D eigenvalue weighted by Crippen LogP contribution is 2.28. The molecule has 0 spiro atoms. The minimum Gasteiger partial charge on any atom is -0.496 e. The van der Waals surface area contributed by atoms with Gasteiger partial charge in [0.25, 0.3) is 0 Å². The zero-order valence-electron chi connectivity index (χ0n) is 10.1. The van der Waals surface area contributed by atoms with E-state index in [9.17, 15) is 4.39 Å². The second-order valence-corrected chi connectivity index (χ2v) is 3.59. The Morgan fingerprint density at radius 1 is 1.31 bits per heavy atom. The normalized spacial score (nSPS) is 14.6. The zero-order chi connectivity index (χ0) is 12.1. The molecular formula is C12H18FNO2. The first-order valence-corrected chi connectivity index (χ1v) is 5.17. The van der Waals surface area contributed by atoms with Crippen LogP contribution in [0.2, 0.25) is 0 Å². The Balaban J connectivity index is 3.11. The lowest BCUT2D eigenvalue weighted by Crippen LogP contribution is -2.29. The van der Waals surface area contributed by atoms with Gasteiger partial charge in [0, 0.05) is 12.7 Å². The summed E-state index contributed by atoms with van der Waals surface area (Å²) >= 11 is 0. The summed E-state index contributed by atoms with van der Waals surface area (Å²) in [6, 6.07) is 4.37. The van der Waals surface area contributed by atoms with Crippen molar-refractivity contribution in [3.8, 4) is 5.75 Å². The van der Waals surface area contributed by atoms with Crippen LogP contribution in [0.1, 0.15) is 18.5 Å². The van der Waals surface area contributed by atoms with Crippen molar-refractivity contribution in [2.45, 2.75) is 19.1 Å². The summed E-state index contributed by atoms with van der Waals surface area (Å²) in [6.45, 7) is 1.92. The molecule has 0 radical (unpaired) electrons. The van der Waals surface area contributed by atoms with E-state index < -0.39 is 0 Å². The number of halogens is 1. The van der Waals surface area contributed by atoms with Gasteiger partial charge in [-0.15, -0.1) is 0 Å². The fourth-order valence-electron chi connectivity index (χ4n) is 1.73. The molecule has 0 saturated heterocycles. The van der Waals surface area contributed by atoms with Gasteiger partial charge in [0.1, 0.15) is 11.6 Å². The van der Waals surface area contributed by atoms with Gasteiger partial charge >= 0.3 is 0 Å². The first-order chi connectivity index (χ1) is 7.63. The number of nitrogens with one attached hydrogen (secondary N) is 1. The third-order valence-electron chi connectivity index (χ3n) is 2.68. The molecule has 0 aromatic heterocycles. The second-order valence-electron chi connectivity index (χ2n) is 3.59. The van der Waals surface area contributed by atoms with Gasteiger partial charge in [0.05, 0.1) is 19.3 Å². The van der Waals surface area contributed by atoms with Crippen LogP contribution >= 0.6 is 0 Å². The van der Waals surface area contributed by atoms with Crippen LogP contribution in [0.4, 0.5) is 4.39 Å². The van der Waals surface area contributed by atoms with Crippen LogP contribution in [0.25, 0.3) is 0 Å². The summed E-state index contributed by atoms with van der Waals surface area (Å²) in [4.78, 5) is 0. The maximum atomic E-state index is 13.2. The highest BCUT2D eigenvalue weighted by Gasteiger charge is 2.21. The van der Waals surface area contributed by atoms with Crippen molar-refractivity contribution < 1.29 is 13.9 Å². The van der Waals surface area contributed by atoms with Crippen LogP contribution in [0.15, 0.2) is 18.2 Å². The smallest absolute Gasteiger partial charge is 0.123 e. The van der Waals surface area contributed by atoms with E-state index in [1.807, 2.05) is 14.0 Å². The van der Waals surface area contributed by atoms with Gasteiger partial charge in [-0.3, -0.25) is 0 Å². The van der Waals surface area contributed by atoms with Gasteiger partial charge in [0.15, 0.2) is 0 Å². The molecule has 0 aliphatic rings. The third-order valence-corrected chi connectivity index (χ3v) is 2.68. The van der Waals surface area contributed by atoms with Gasteiger partial charge in [0.2, 0.25) is 0 Å². The largest absolute Gasteiger partial charge is 0.496 e. The van der Waals surface area contributed by atoms with E-state index >= 15 is 0 Å². The van der Waals surface area contributed by atoms with E-state index in [0.717, 1.165) is 5.56 Å². The van der Waals surface area contributed by atoms with Gasteiger partial charge < -0.3 is 14.8 Å². The number of hydrogen-bond donors (Lipinski definition) is 1. The van der Waals surface area contributed by atoms with E-state index in [1.165, 1.54) is 12.1 Å². The summed E-state index contributed by atoms with van der Waals surface area (Å²) < 4.78 is 23.7. The highest BCUT2D eigenvalue weighted by atomic mass is 19.1. The van der Waals surface area contributed by atoms with E-state index in [2.05, 4.69) is 5.32 Å². The van der Waals surface area contributed by atoms with E-state index in [4.69, 9.17) is 9.47 Å². The first kappa shape index (κ1) is 12.9. The monoisotopic (exact) mass is 227 g/mol. The van der Waals surface area contributed by atoms with E-state index in [-0.39, 0.29) is 18.0 Å². The Labute approximate surface area is 95.6 Å². The maximum Gasteiger partial charge on any atom is 0.123 e. The molecule has 1 aromatic rings. The lowest BCUT2D eigenvalue weighted by Gasteiger charge is -2.24. The predicted octanol–water partition coefficient (Wildman–Crippen LogP) is 2.13. The van der Waals surface area contributed by atoms with Crippen molar-refractivity contribution in [2.75, 3.05) is 21.3 Å². The van der Waals surface area contributed by atoms with Crippen LogP contribution < -0.4 is 10.1 Å². The molecule has 0 amide bonds. The molecule has 1 N–H and O–H groups in total. The summed E-state index contributed by atoms with van der Waals surface area (Å²) in [6.07, 6.45) is -0.0688. The van der Waals surface area contributed by atoms with Crippen LogP contribution in [-0.2, 0) is 4.74 Å². The fourth-order valence-corrected chi connectivity index (χ4v) is 1.73. The lowest BCUT2D eigenvalue weighted by atomic mass is 10.0. The summed E-state index contributed by atoms with van der Waals surface area (Å²) in [5.74, 6) is 0.379. The summed E-state index contributed by atoms with van der Waals surface area (Å²) in [5.41, 5.74) is 0.763. The molecule has 1 rings (SSSR count). The molecule has 0 aliphatic carbocycles. The van der Waals surface area contributed by atoms with Gasteiger partial charge in [-0.1, -0.05) is 0 Å². The molecule has 4 heteroatoms. The number of methoxy groups -OCH3 is 2. The van der Waals surface area contributed by atoms with Crippen molar-refractivity contribution in [3.05, 3.63) is 29.6 Å². The topological polar surface area (TPSA) is 30.5 Å². The molecule has 2 atom stereocenters. The molecule has 0 bridgehead atoms. The van der Waals surface area contributed by atoms with Crippen molar-refractivity contribution in [2.24, 2.45) is 0 Å². The molecule has 90 valence electrons. The molecule has 0 aliphatic heterocycles. The minimum absolute atomic E-state index is 0.0688. The fraction of sp³-hybridized carbons (Fsp3) is 0.500. The Morgan fingerprint density at radius 2 is 2.00 bits per heavy atom. The second kappa shape index (κ2) is 5.82. The first-order valence-electron chi connectivity index (χ1n) is 5.17. The molecular weight excluding hydrogens is 209 g/mol. The number of rotatable bonds is 5. The lowest BCUT2D eigenvalue weighted by molar-refractivity contribution is 0.0847. The van der Waals surface area contributed by atoms with Gasteiger partial charge in [-0.05, 0) is 32.2 Å². The number of hydrogen-bond acceptors (Lipinski definition) is 3. The highest BCUT2D eigenvalue weighted by molar-refractivity contribution is 5.37. The predicted molar refractivity (Wildman–Crippen MR) is 61.2 cm³/mol. The maximum absolute atomic E-state index is 13.2. The van der Waals surface area contributed by atoms with Crippen molar-refractivity contribution >= 4 is 0 Å². The Hall–Kier alpha value is -1.13. The number of likely N-dealkylation sites (N-methyl/N-ethyl adjacent to an activating group) is 1. The summed E-state index contributed by atoms with van der Waals surface area (Å²) in [7, 11) is 5.01. The molecule has 1 aromatic carbocycles. The SMILES string of the molecule is CNC(c1cc(F)ccc1OC)C(C)OC. The quantitative estimate of drug-likeness (QED) is 0.836. The molecule has 3 nitrogen and oxygen atoms in total. The Kier molecular flexibility index (Phi) is 4.71. The number of benzene rings is 1. The van der Waals surface area contributed by atoms with Crippen LogP contribution in [-0.4, -0.2) is 27.4 Å². The van der Waals surface area contributed by atoms with Crippen molar-refractivity contribution in [3.63, 3.8) is 0 Å². The third kappa shape index (κ3) is 2.71. The average Bonchev–Trinajstić information content (AvgIpc) is 2.30. The average molecular weight is 227 g/mol. The van der Waals surface area contributed by atoms with E-state index in [1.54, 1.807) is 20.3 Å². The van der Waals surface area contributed by atoms with E-state index in [0.29, 0.717) is 5.75 Å². The van der Waals surface area contributed by atoms with Crippen LogP contribution in [0, 0.1) is 5.82 Å². The Morgan fingerprint density at radius 3 is 2.50 bits per heavy atom. The van der Waals surface area contributed by atoms with Crippen LogP contribution in [0.3, 0.4) is 0 Å². The molecule has 0 heterocycles. The minimum atomic E-state index is -0.278. The van der Waals surface area contributed by atoms with Gasteiger partial charge in [-0.25, -0.2) is 4.39 Å². The number of ether oxygens (including phenoxy) is 2. The Bertz CT molecular complexity index is 344. The van der Waals surface area contributed by atoms with Crippen molar-refractivity contribution in [1.82, 2.24) is 5.32 Å². The zero-order valence-corrected chi connectivity index (χ0v) is 10.1. The molecule has 2 unspecified atom stereocenters. The van der Waals surface area contributed by atoms with Gasteiger partial charge in [-0.2, -0.15) is 0 Å². The standard InChI is InChI=1S/C12H18FNO2/c1-8(15-3)12(14-2)10-7-9(13)5-6-11(10)16-4/h5-8,12,14H,1-4H3. The van der Waals surface area contributed by atoms with Crippen LogP contribution in [0.5, 0.6) is 5.75 Å².